The van der Waals surface area contributed by atoms with Gasteiger partial charge < -0.3 is 9.88 Å². The number of aromatic nitrogens is 1. The smallest absolute Gasteiger partial charge is 0.221 e. The Bertz CT molecular complexity index is 914. The zero-order valence-corrected chi connectivity index (χ0v) is 13.1. The summed E-state index contributed by atoms with van der Waals surface area (Å²) < 4.78 is 2.15. The summed E-state index contributed by atoms with van der Waals surface area (Å²) in [4.78, 5) is 11.1. The van der Waals surface area contributed by atoms with E-state index in [4.69, 9.17) is 0 Å². The second-order valence-corrected chi connectivity index (χ2v) is 5.36. The van der Waals surface area contributed by atoms with E-state index in [-0.39, 0.29) is 5.91 Å². The van der Waals surface area contributed by atoms with Crippen molar-refractivity contribution >= 4 is 22.5 Å². The first-order valence-electron chi connectivity index (χ1n) is 7.55. The molecule has 0 bridgehead atoms. The van der Waals surface area contributed by atoms with Crippen LogP contribution in [0.1, 0.15) is 19.4 Å². The molecule has 0 saturated heterocycles. The van der Waals surface area contributed by atoms with E-state index in [1.807, 2.05) is 48.5 Å². The molecule has 0 radical (unpaired) electrons. The summed E-state index contributed by atoms with van der Waals surface area (Å²) in [5.41, 5.74) is 4.39. The minimum absolute atomic E-state index is 0.0989. The van der Waals surface area contributed by atoms with Crippen LogP contribution in [0.15, 0.2) is 48.5 Å². The highest BCUT2D eigenvalue weighted by Crippen LogP contribution is 2.33. The lowest BCUT2D eigenvalue weighted by atomic mass is 10.1. The number of anilines is 1. The lowest BCUT2D eigenvalue weighted by Gasteiger charge is -2.09. The van der Waals surface area contributed by atoms with E-state index in [0.717, 1.165) is 34.4 Å². The number of rotatable bonds is 3. The standard InChI is InChI=1S/C19H17N3O/c1-3-22-18-7-5-4-6-16(18)17(12-20)19(22)14-8-10-15(11-9-14)21-13(2)23/h4-11H,3H2,1-2H3,(H,21,23). The minimum Gasteiger partial charge on any atom is -0.340 e. The molecule has 1 aromatic heterocycles. The molecular formula is C19H17N3O. The van der Waals surface area contributed by atoms with Gasteiger partial charge in [0.15, 0.2) is 0 Å². The molecule has 1 N–H and O–H groups in total. The number of hydrogen-bond donors (Lipinski definition) is 1. The fraction of sp³-hybridized carbons (Fsp3) is 0.158. The van der Waals surface area contributed by atoms with Crippen LogP contribution in [0.4, 0.5) is 5.69 Å². The Morgan fingerprint density at radius 1 is 1.17 bits per heavy atom. The molecule has 0 aliphatic heterocycles. The topological polar surface area (TPSA) is 57.8 Å². The van der Waals surface area contributed by atoms with Crippen molar-refractivity contribution in [3.05, 3.63) is 54.1 Å². The monoisotopic (exact) mass is 303 g/mol. The Morgan fingerprint density at radius 2 is 1.87 bits per heavy atom. The van der Waals surface area contributed by atoms with Gasteiger partial charge in [0, 0.05) is 30.1 Å². The summed E-state index contributed by atoms with van der Waals surface area (Å²) in [6.45, 7) is 4.34. The van der Waals surface area contributed by atoms with Crippen molar-refractivity contribution < 1.29 is 4.79 Å². The van der Waals surface area contributed by atoms with Gasteiger partial charge in [-0.3, -0.25) is 4.79 Å². The molecule has 23 heavy (non-hydrogen) atoms. The second kappa shape index (κ2) is 5.98. The van der Waals surface area contributed by atoms with E-state index < -0.39 is 0 Å². The number of aryl methyl sites for hydroxylation is 1. The molecule has 3 rings (SSSR count). The predicted octanol–water partition coefficient (Wildman–Crippen LogP) is 4.16. The molecule has 3 aromatic rings. The van der Waals surface area contributed by atoms with Gasteiger partial charge in [-0.2, -0.15) is 5.26 Å². The third-order valence-electron chi connectivity index (χ3n) is 3.88. The van der Waals surface area contributed by atoms with Gasteiger partial charge >= 0.3 is 0 Å². The van der Waals surface area contributed by atoms with Crippen molar-refractivity contribution in [3.8, 4) is 17.3 Å². The third-order valence-corrected chi connectivity index (χ3v) is 3.88. The van der Waals surface area contributed by atoms with Crippen molar-refractivity contribution in [1.29, 1.82) is 5.26 Å². The Labute approximate surface area is 135 Å². The fourth-order valence-corrected chi connectivity index (χ4v) is 2.96. The highest BCUT2D eigenvalue weighted by atomic mass is 16.1. The summed E-state index contributed by atoms with van der Waals surface area (Å²) in [6, 6.07) is 17.9. The maximum absolute atomic E-state index is 11.1. The van der Waals surface area contributed by atoms with Crippen LogP contribution in [0.25, 0.3) is 22.2 Å². The Hall–Kier alpha value is -3.06. The molecule has 0 saturated carbocycles. The van der Waals surface area contributed by atoms with Gasteiger partial charge in [0.25, 0.3) is 0 Å². The Morgan fingerprint density at radius 3 is 2.48 bits per heavy atom. The van der Waals surface area contributed by atoms with E-state index in [1.54, 1.807) is 0 Å². The highest BCUT2D eigenvalue weighted by molar-refractivity contribution is 5.95. The Kier molecular flexibility index (Phi) is 3.86. The third kappa shape index (κ3) is 2.58. The summed E-state index contributed by atoms with van der Waals surface area (Å²) in [5.74, 6) is -0.0989. The first kappa shape index (κ1) is 14.9. The zero-order valence-electron chi connectivity index (χ0n) is 13.1. The normalized spacial score (nSPS) is 10.5. The van der Waals surface area contributed by atoms with E-state index >= 15 is 0 Å². The maximum atomic E-state index is 11.1. The number of hydrogen-bond acceptors (Lipinski definition) is 2. The highest BCUT2D eigenvalue weighted by Gasteiger charge is 2.17. The lowest BCUT2D eigenvalue weighted by Crippen LogP contribution is -2.05. The molecule has 0 unspecified atom stereocenters. The van der Waals surface area contributed by atoms with Crippen molar-refractivity contribution in [3.63, 3.8) is 0 Å². The SMILES string of the molecule is CCn1c(-c2ccc(NC(C)=O)cc2)c(C#N)c2ccccc21. The summed E-state index contributed by atoms with van der Waals surface area (Å²) in [5, 5.41) is 13.4. The first-order valence-corrected chi connectivity index (χ1v) is 7.55. The van der Waals surface area contributed by atoms with Crippen LogP contribution >= 0.6 is 0 Å². The number of nitrogens with zero attached hydrogens (tertiary/aromatic N) is 2. The summed E-state index contributed by atoms with van der Waals surface area (Å²) >= 11 is 0. The van der Waals surface area contributed by atoms with Crippen LogP contribution in [0.5, 0.6) is 0 Å². The van der Waals surface area contributed by atoms with Gasteiger partial charge in [0.1, 0.15) is 6.07 Å². The predicted molar refractivity (Wildman–Crippen MR) is 92.1 cm³/mol. The van der Waals surface area contributed by atoms with E-state index in [9.17, 15) is 10.1 Å². The van der Waals surface area contributed by atoms with Gasteiger partial charge in [-0.1, -0.05) is 30.3 Å². The molecule has 1 heterocycles. The average molecular weight is 303 g/mol. The van der Waals surface area contributed by atoms with Crippen LogP contribution in [0, 0.1) is 11.3 Å². The fourth-order valence-electron chi connectivity index (χ4n) is 2.96. The zero-order chi connectivity index (χ0) is 16.4. The Balaban J connectivity index is 2.19. The lowest BCUT2D eigenvalue weighted by molar-refractivity contribution is -0.114. The summed E-state index contributed by atoms with van der Waals surface area (Å²) in [7, 11) is 0. The molecule has 4 nitrogen and oxygen atoms in total. The van der Waals surface area contributed by atoms with Crippen LogP contribution in [0.2, 0.25) is 0 Å². The molecule has 0 fully saturated rings. The number of para-hydroxylation sites is 1. The van der Waals surface area contributed by atoms with Crippen molar-refractivity contribution in [2.75, 3.05) is 5.32 Å². The van der Waals surface area contributed by atoms with Crippen molar-refractivity contribution in [1.82, 2.24) is 4.57 Å². The van der Waals surface area contributed by atoms with E-state index in [2.05, 4.69) is 22.9 Å². The number of amides is 1. The maximum Gasteiger partial charge on any atom is 0.221 e. The van der Waals surface area contributed by atoms with E-state index in [1.165, 1.54) is 6.92 Å². The largest absolute Gasteiger partial charge is 0.340 e. The molecule has 0 aliphatic rings. The number of nitrogens with one attached hydrogen (secondary N) is 1. The minimum atomic E-state index is -0.0989. The van der Waals surface area contributed by atoms with Gasteiger partial charge in [0.2, 0.25) is 5.91 Å². The van der Waals surface area contributed by atoms with Crippen molar-refractivity contribution in [2.45, 2.75) is 20.4 Å². The number of benzene rings is 2. The summed E-state index contributed by atoms with van der Waals surface area (Å²) in [6.07, 6.45) is 0. The van der Waals surface area contributed by atoms with Gasteiger partial charge in [-0.05, 0) is 30.7 Å². The quantitative estimate of drug-likeness (QED) is 0.790. The van der Waals surface area contributed by atoms with Crippen LogP contribution in [-0.2, 0) is 11.3 Å². The van der Waals surface area contributed by atoms with Gasteiger partial charge in [-0.15, -0.1) is 0 Å². The van der Waals surface area contributed by atoms with Crippen molar-refractivity contribution in [2.24, 2.45) is 0 Å². The van der Waals surface area contributed by atoms with E-state index in [0.29, 0.717) is 5.56 Å². The number of nitriles is 1. The van der Waals surface area contributed by atoms with Gasteiger partial charge in [0.05, 0.1) is 11.3 Å². The molecule has 2 aromatic carbocycles. The molecule has 0 atom stereocenters. The first-order chi connectivity index (χ1) is 11.2. The molecular weight excluding hydrogens is 286 g/mol. The molecule has 0 aliphatic carbocycles. The van der Waals surface area contributed by atoms with Crippen LogP contribution in [-0.4, -0.2) is 10.5 Å². The second-order valence-electron chi connectivity index (χ2n) is 5.36. The van der Waals surface area contributed by atoms with Crippen LogP contribution in [0.3, 0.4) is 0 Å². The molecule has 0 spiro atoms. The number of carbonyl (C=O) groups is 1. The molecule has 1 amide bonds. The van der Waals surface area contributed by atoms with Crippen LogP contribution < -0.4 is 5.32 Å². The molecule has 4 heteroatoms. The number of fused-ring (bicyclic) bond motifs is 1. The average Bonchev–Trinajstić information content (AvgIpc) is 2.88. The number of carbonyl (C=O) groups excluding carboxylic acids is 1. The molecule has 114 valence electrons. The van der Waals surface area contributed by atoms with Gasteiger partial charge in [-0.25, -0.2) is 0 Å².